The highest BCUT2D eigenvalue weighted by atomic mass is 127. The van der Waals surface area contributed by atoms with Gasteiger partial charge in [-0.2, -0.15) is 0 Å². The second kappa shape index (κ2) is 18.5. The third-order valence-electron chi connectivity index (χ3n) is 3.99. The molecule has 1 aromatic rings. The Hall–Kier alpha value is -1.55. The number of esters is 1. The standard InChI is InChI=1S/C21H35N3O4.HI/c1-4-22-21(23-14-8-6-5-7-13-20(25)27-3)24-18-11-9-12-19(17-18)28-16-10-15-26-2;/h9,11-12,17H,4-8,10,13-16H2,1-3H3,(H2,22,23,24);1H. The lowest BCUT2D eigenvalue weighted by atomic mass is 10.1. The number of rotatable bonds is 14. The van der Waals surface area contributed by atoms with Crippen LogP contribution in [0.2, 0.25) is 0 Å². The largest absolute Gasteiger partial charge is 0.493 e. The zero-order chi connectivity index (χ0) is 20.5. The van der Waals surface area contributed by atoms with Gasteiger partial charge in [-0.25, -0.2) is 0 Å². The van der Waals surface area contributed by atoms with Gasteiger partial charge in [0.2, 0.25) is 0 Å². The second-order valence-electron chi connectivity index (χ2n) is 6.35. The molecule has 0 saturated carbocycles. The summed E-state index contributed by atoms with van der Waals surface area (Å²) in [7, 11) is 3.12. The molecule has 8 heteroatoms. The first-order valence-corrected chi connectivity index (χ1v) is 10.0. The summed E-state index contributed by atoms with van der Waals surface area (Å²) in [5.41, 5.74) is 0.932. The quantitative estimate of drug-likeness (QED) is 0.126. The molecule has 29 heavy (non-hydrogen) atoms. The van der Waals surface area contributed by atoms with Crippen LogP contribution < -0.4 is 15.4 Å². The van der Waals surface area contributed by atoms with Crippen molar-refractivity contribution in [1.82, 2.24) is 5.32 Å². The number of benzene rings is 1. The lowest BCUT2D eigenvalue weighted by molar-refractivity contribution is -0.140. The smallest absolute Gasteiger partial charge is 0.305 e. The summed E-state index contributed by atoms with van der Waals surface area (Å²) < 4.78 is 15.4. The van der Waals surface area contributed by atoms with Crippen LogP contribution in [0.3, 0.4) is 0 Å². The minimum atomic E-state index is -0.137. The molecule has 0 fully saturated rings. The fourth-order valence-corrected chi connectivity index (χ4v) is 2.53. The fourth-order valence-electron chi connectivity index (χ4n) is 2.53. The minimum Gasteiger partial charge on any atom is -0.493 e. The first-order chi connectivity index (χ1) is 13.7. The number of methoxy groups -OCH3 is 2. The Labute approximate surface area is 192 Å². The number of hydrogen-bond donors (Lipinski definition) is 2. The lowest BCUT2D eigenvalue weighted by Crippen LogP contribution is -2.30. The number of nitrogens with one attached hydrogen (secondary N) is 2. The van der Waals surface area contributed by atoms with Gasteiger partial charge in [-0.1, -0.05) is 18.9 Å². The molecule has 0 aliphatic rings. The summed E-state index contributed by atoms with van der Waals surface area (Å²) in [6, 6.07) is 7.85. The molecule has 0 bridgehead atoms. The summed E-state index contributed by atoms with van der Waals surface area (Å²) in [5, 5.41) is 6.57. The minimum absolute atomic E-state index is 0. The van der Waals surface area contributed by atoms with Gasteiger partial charge in [0.25, 0.3) is 0 Å². The summed E-state index contributed by atoms with van der Waals surface area (Å²) in [5.74, 6) is 1.44. The van der Waals surface area contributed by atoms with Gasteiger partial charge in [0.1, 0.15) is 5.75 Å². The van der Waals surface area contributed by atoms with E-state index in [2.05, 4.69) is 20.4 Å². The van der Waals surface area contributed by atoms with E-state index in [0.29, 0.717) is 19.6 Å². The van der Waals surface area contributed by atoms with Gasteiger partial charge in [-0.05, 0) is 31.9 Å². The van der Waals surface area contributed by atoms with Gasteiger partial charge >= 0.3 is 5.97 Å². The molecule has 0 spiro atoms. The number of carbonyl (C=O) groups is 1. The number of carbonyl (C=O) groups excluding carboxylic acids is 1. The maximum atomic E-state index is 11.1. The Morgan fingerprint density at radius 3 is 2.59 bits per heavy atom. The zero-order valence-electron chi connectivity index (χ0n) is 17.9. The van der Waals surface area contributed by atoms with Crippen molar-refractivity contribution in [1.29, 1.82) is 0 Å². The van der Waals surface area contributed by atoms with Crippen LogP contribution >= 0.6 is 24.0 Å². The van der Waals surface area contributed by atoms with Crippen LogP contribution in [0.4, 0.5) is 5.69 Å². The molecule has 0 amide bonds. The van der Waals surface area contributed by atoms with E-state index >= 15 is 0 Å². The Balaban J connectivity index is 0.00000784. The molecule has 0 unspecified atom stereocenters. The highest BCUT2D eigenvalue weighted by Gasteiger charge is 2.02. The van der Waals surface area contributed by atoms with E-state index < -0.39 is 0 Å². The molecule has 0 aliphatic heterocycles. The molecule has 2 N–H and O–H groups in total. The lowest BCUT2D eigenvalue weighted by Gasteiger charge is -2.13. The van der Waals surface area contributed by atoms with Crippen LogP contribution in [0.25, 0.3) is 0 Å². The van der Waals surface area contributed by atoms with Crippen LogP contribution in [0.15, 0.2) is 29.3 Å². The van der Waals surface area contributed by atoms with Gasteiger partial charge in [0.15, 0.2) is 5.96 Å². The fraction of sp³-hybridized carbons (Fsp3) is 0.619. The molecule has 0 aromatic heterocycles. The first-order valence-electron chi connectivity index (χ1n) is 10.0. The maximum Gasteiger partial charge on any atom is 0.305 e. The van der Waals surface area contributed by atoms with Gasteiger partial charge in [0.05, 0.1) is 13.7 Å². The average molecular weight is 521 g/mol. The van der Waals surface area contributed by atoms with Gasteiger partial charge < -0.3 is 24.8 Å². The van der Waals surface area contributed by atoms with Crippen molar-refractivity contribution in [3.05, 3.63) is 24.3 Å². The van der Waals surface area contributed by atoms with Crippen molar-refractivity contribution in [2.45, 2.75) is 45.4 Å². The number of nitrogens with zero attached hydrogens (tertiary/aromatic N) is 1. The van der Waals surface area contributed by atoms with E-state index in [4.69, 9.17) is 9.47 Å². The van der Waals surface area contributed by atoms with Crippen LogP contribution in [0, 0.1) is 0 Å². The van der Waals surface area contributed by atoms with Gasteiger partial charge in [-0.3, -0.25) is 9.79 Å². The van der Waals surface area contributed by atoms with Crippen LogP contribution in [-0.4, -0.2) is 52.5 Å². The topological polar surface area (TPSA) is 81.2 Å². The first kappa shape index (κ1) is 27.5. The van der Waals surface area contributed by atoms with E-state index in [0.717, 1.165) is 62.6 Å². The van der Waals surface area contributed by atoms with Gasteiger partial charge in [0, 0.05) is 51.4 Å². The number of unbranched alkanes of at least 4 members (excludes halogenated alkanes) is 3. The van der Waals surface area contributed by atoms with Gasteiger partial charge in [-0.15, -0.1) is 24.0 Å². The number of guanidine groups is 1. The van der Waals surface area contributed by atoms with Crippen molar-refractivity contribution in [3.8, 4) is 5.75 Å². The van der Waals surface area contributed by atoms with Crippen LogP contribution in [0.5, 0.6) is 5.75 Å². The third-order valence-corrected chi connectivity index (χ3v) is 3.99. The maximum absolute atomic E-state index is 11.1. The Kier molecular flexibility index (Phi) is 17.5. The number of hydrogen-bond acceptors (Lipinski definition) is 5. The van der Waals surface area contributed by atoms with Crippen molar-refractivity contribution < 1.29 is 19.0 Å². The molecule has 166 valence electrons. The van der Waals surface area contributed by atoms with E-state index in [9.17, 15) is 4.79 Å². The van der Waals surface area contributed by atoms with Crippen molar-refractivity contribution >= 4 is 41.6 Å². The Morgan fingerprint density at radius 1 is 1.07 bits per heavy atom. The van der Waals surface area contributed by atoms with Crippen LogP contribution in [-0.2, 0) is 14.3 Å². The number of halogens is 1. The Bertz CT molecular complexity index is 585. The predicted octanol–water partition coefficient (Wildman–Crippen LogP) is 4.22. The summed E-state index contributed by atoms with van der Waals surface area (Å²) >= 11 is 0. The molecular weight excluding hydrogens is 485 g/mol. The summed E-state index contributed by atoms with van der Waals surface area (Å²) in [6.45, 7) is 4.89. The van der Waals surface area contributed by atoms with E-state index in [1.165, 1.54) is 7.11 Å². The molecule has 0 aliphatic carbocycles. The van der Waals surface area contributed by atoms with E-state index in [1.807, 2.05) is 31.2 Å². The van der Waals surface area contributed by atoms with Crippen molar-refractivity contribution in [2.75, 3.05) is 45.8 Å². The molecule has 1 rings (SSSR count). The normalized spacial score (nSPS) is 10.8. The second-order valence-corrected chi connectivity index (χ2v) is 6.35. The molecule has 1 aromatic carbocycles. The predicted molar refractivity (Wildman–Crippen MR) is 129 cm³/mol. The SMILES string of the molecule is CCNC(=NCCCCCCC(=O)OC)Nc1cccc(OCCCOC)c1.I. The molecule has 0 atom stereocenters. The van der Waals surface area contributed by atoms with E-state index in [1.54, 1.807) is 7.11 Å². The third kappa shape index (κ3) is 14.1. The number of ether oxygens (including phenoxy) is 3. The highest BCUT2D eigenvalue weighted by Crippen LogP contribution is 2.17. The highest BCUT2D eigenvalue weighted by molar-refractivity contribution is 14.0. The van der Waals surface area contributed by atoms with Crippen molar-refractivity contribution in [3.63, 3.8) is 0 Å². The average Bonchev–Trinajstić information content (AvgIpc) is 2.70. The molecule has 7 nitrogen and oxygen atoms in total. The molecule has 0 radical (unpaired) electrons. The summed E-state index contributed by atoms with van der Waals surface area (Å²) in [6.07, 6.45) is 5.26. The molecule has 0 heterocycles. The van der Waals surface area contributed by atoms with Crippen molar-refractivity contribution in [2.24, 2.45) is 4.99 Å². The Morgan fingerprint density at radius 2 is 1.86 bits per heavy atom. The molecular formula is C21H36IN3O4. The monoisotopic (exact) mass is 521 g/mol. The number of aliphatic imine (C=N–C) groups is 1. The summed E-state index contributed by atoms with van der Waals surface area (Å²) in [4.78, 5) is 15.7. The van der Waals surface area contributed by atoms with E-state index in [-0.39, 0.29) is 29.9 Å². The zero-order valence-corrected chi connectivity index (χ0v) is 20.2. The molecule has 0 saturated heterocycles. The van der Waals surface area contributed by atoms with Crippen LogP contribution in [0.1, 0.15) is 45.4 Å². The number of anilines is 1.